The molecule has 3 fully saturated rings. The Hall–Kier alpha value is -1.62. The molecule has 4 heterocycles. The van der Waals surface area contributed by atoms with E-state index < -0.39 is 37.7 Å². The van der Waals surface area contributed by atoms with Crippen LogP contribution >= 0.6 is 7.82 Å². The summed E-state index contributed by atoms with van der Waals surface area (Å²) >= 11 is 0. The molecule has 160 valence electrons. The van der Waals surface area contributed by atoms with Crippen LogP contribution in [0.5, 0.6) is 0 Å². The largest absolute Gasteiger partial charge is 0.475 e. The number of esters is 1. The quantitative estimate of drug-likeness (QED) is 0.366. The topological polar surface area (TPSA) is 144 Å². The van der Waals surface area contributed by atoms with Crippen molar-refractivity contribution in [3.05, 3.63) is 12.3 Å². The Kier molecular flexibility index (Phi) is 5.39. The van der Waals surface area contributed by atoms with Crippen LogP contribution in [0, 0.1) is 5.92 Å². The Balaban J connectivity index is 1.41. The number of hydrogen-bond donors (Lipinski definition) is 1. The number of nitrogens with zero attached hydrogens (tertiary/aromatic N) is 1. The van der Waals surface area contributed by atoms with Gasteiger partial charge in [-0.1, -0.05) is 0 Å². The molecule has 12 heteroatoms. The molecule has 3 saturated heterocycles. The normalized spacial score (nSPS) is 42.3. The Morgan fingerprint density at radius 2 is 2.17 bits per heavy atom. The Morgan fingerprint density at radius 3 is 2.86 bits per heavy atom. The lowest BCUT2D eigenvalue weighted by molar-refractivity contribution is -0.146. The van der Waals surface area contributed by atoms with E-state index >= 15 is 0 Å². The number of hydrogen-bond acceptors (Lipinski definition) is 10. The van der Waals surface area contributed by atoms with Crippen LogP contribution in [0.4, 0.5) is 0 Å². The van der Waals surface area contributed by atoms with Crippen molar-refractivity contribution in [2.45, 2.75) is 50.2 Å². The lowest BCUT2D eigenvalue weighted by Gasteiger charge is -2.38. The van der Waals surface area contributed by atoms with Crippen LogP contribution in [0.1, 0.15) is 26.2 Å². The smallest absolute Gasteiger partial charge is 0.465 e. The highest BCUT2D eigenvalue weighted by atomic mass is 31.2. The van der Waals surface area contributed by atoms with Gasteiger partial charge in [0, 0.05) is 6.20 Å². The molecular weight excluding hydrogens is 407 g/mol. The van der Waals surface area contributed by atoms with Crippen LogP contribution in [0.15, 0.2) is 12.3 Å². The molecule has 1 amide bonds. The fourth-order valence-corrected chi connectivity index (χ4v) is 5.36. The maximum atomic E-state index is 12.9. The van der Waals surface area contributed by atoms with E-state index in [4.69, 9.17) is 28.8 Å². The summed E-state index contributed by atoms with van der Waals surface area (Å²) in [5, 5.41) is 0. The maximum absolute atomic E-state index is 12.9. The van der Waals surface area contributed by atoms with Crippen LogP contribution < -0.4 is 5.73 Å². The first kappa shape index (κ1) is 20.6. The average Bonchev–Trinajstić information content (AvgIpc) is 3.16. The minimum Gasteiger partial charge on any atom is -0.465 e. The average molecular weight is 430 g/mol. The predicted octanol–water partition coefficient (Wildman–Crippen LogP) is 0.237. The van der Waals surface area contributed by atoms with Crippen molar-refractivity contribution in [1.82, 2.24) is 4.90 Å². The van der Waals surface area contributed by atoms with Gasteiger partial charge >= 0.3 is 13.8 Å². The molecule has 6 atom stereocenters. The second-order valence-corrected chi connectivity index (χ2v) is 9.32. The first-order valence-corrected chi connectivity index (χ1v) is 10.9. The molecule has 0 bridgehead atoms. The molecule has 1 unspecified atom stereocenters. The zero-order valence-electron chi connectivity index (χ0n) is 15.9. The summed E-state index contributed by atoms with van der Waals surface area (Å²) < 4.78 is 39.8. The predicted molar refractivity (Wildman–Crippen MR) is 94.9 cm³/mol. The molecule has 0 aromatic heterocycles. The van der Waals surface area contributed by atoms with Gasteiger partial charge < -0.3 is 15.2 Å². The third kappa shape index (κ3) is 3.90. The molecule has 0 aromatic carbocycles. The van der Waals surface area contributed by atoms with Gasteiger partial charge in [-0.2, -0.15) is 0 Å². The highest BCUT2D eigenvalue weighted by Gasteiger charge is 2.60. The highest BCUT2D eigenvalue weighted by molar-refractivity contribution is 7.48. The van der Waals surface area contributed by atoms with Crippen molar-refractivity contribution in [3.8, 4) is 0 Å². The molecule has 4 rings (SSSR count). The Morgan fingerprint density at radius 1 is 1.38 bits per heavy atom. The number of phosphoric acid groups is 1. The summed E-state index contributed by atoms with van der Waals surface area (Å²) in [5.74, 6) is -1.33. The van der Waals surface area contributed by atoms with Crippen LogP contribution in [0.3, 0.4) is 0 Å². The Labute approximate surface area is 167 Å². The van der Waals surface area contributed by atoms with Crippen molar-refractivity contribution >= 4 is 25.5 Å². The molecule has 0 aliphatic carbocycles. The van der Waals surface area contributed by atoms with Crippen molar-refractivity contribution in [1.29, 1.82) is 0 Å². The van der Waals surface area contributed by atoms with Crippen LogP contribution in [-0.2, 0) is 42.0 Å². The third-order valence-corrected chi connectivity index (χ3v) is 6.92. The van der Waals surface area contributed by atoms with Crippen molar-refractivity contribution in [2.24, 2.45) is 11.7 Å². The zero-order chi connectivity index (χ0) is 20.8. The van der Waals surface area contributed by atoms with Gasteiger partial charge in [-0.3, -0.25) is 32.9 Å². The lowest BCUT2D eigenvalue weighted by Crippen LogP contribution is -2.60. The number of cyclic esters (lactones) is 1. The minimum atomic E-state index is -3.92. The molecule has 11 nitrogen and oxygen atoms in total. The number of carbonyl (C=O) groups is 3. The number of phosphoric ester groups is 1. The van der Waals surface area contributed by atoms with Gasteiger partial charge in [-0.25, -0.2) is 4.57 Å². The summed E-state index contributed by atoms with van der Waals surface area (Å²) in [6.45, 7) is 1.89. The number of carbonyl (C=O) groups excluding carboxylic acids is 3. The molecule has 0 spiro atoms. The second-order valence-electron chi connectivity index (χ2n) is 7.70. The molecule has 0 radical (unpaired) electrons. The second kappa shape index (κ2) is 7.57. The number of ketones is 1. The molecule has 0 aromatic rings. The first-order chi connectivity index (χ1) is 13.7. The summed E-state index contributed by atoms with van der Waals surface area (Å²) in [5.41, 5.74) is 5.18. The number of allylic oxidation sites excluding steroid dienone is 1. The van der Waals surface area contributed by atoms with Crippen LogP contribution in [0.2, 0.25) is 0 Å². The zero-order valence-corrected chi connectivity index (χ0v) is 16.7. The van der Waals surface area contributed by atoms with Crippen molar-refractivity contribution in [3.63, 3.8) is 0 Å². The number of fused-ring (bicyclic) bond motifs is 1. The van der Waals surface area contributed by atoms with Gasteiger partial charge in [0.1, 0.15) is 12.2 Å². The molecule has 29 heavy (non-hydrogen) atoms. The van der Waals surface area contributed by atoms with E-state index in [9.17, 15) is 18.9 Å². The van der Waals surface area contributed by atoms with Crippen LogP contribution in [-0.4, -0.2) is 66.4 Å². The van der Waals surface area contributed by atoms with E-state index in [0.717, 1.165) is 0 Å². The van der Waals surface area contributed by atoms with Crippen molar-refractivity contribution < 1.29 is 42.0 Å². The third-order valence-electron chi connectivity index (χ3n) is 5.47. The van der Waals surface area contributed by atoms with Crippen LogP contribution in [0.25, 0.3) is 0 Å². The number of nitrogens with two attached hydrogens (primary N) is 1. The van der Waals surface area contributed by atoms with Gasteiger partial charge in [0.25, 0.3) is 0 Å². The molecule has 2 N–H and O–H groups in total. The molecule has 4 aliphatic rings. The monoisotopic (exact) mass is 430 g/mol. The standard InChI is InChI=1S/C17H23N2O9P/c1-17(18)14-12(27-16(17)19-5-2-11(20)8-13(19)21)9-26-29(23,28-14)25-7-4-10-3-6-24-15(10)22/h2,5,10,12,14,16H,3-4,6-9,18H2,1H3/t10?,12-,14-,16-,17-,29+/m1/s1. The van der Waals surface area contributed by atoms with Gasteiger partial charge in [-0.15, -0.1) is 0 Å². The number of ether oxygens (including phenoxy) is 2. The van der Waals surface area contributed by atoms with Crippen molar-refractivity contribution in [2.75, 3.05) is 19.8 Å². The van der Waals surface area contributed by atoms with Gasteiger partial charge in [0.15, 0.2) is 12.0 Å². The fourth-order valence-electron chi connectivity index (χ4n) is 3.86. The fraction of sp³-hybridized carbons (Fsp3) is 0.706. The number of amides is 1. The molecular formula is C17H23N2O9P. The lowest BCUT2D eigenvalue weighted by atomic mass is 9.92. The van der Waals surface area contributed by atoms with Gasteiger partial charge in [0.05, 0.1) is 37.7 Å². The first-order valence-electron chi connectivity index (χ1n) is 9.40. The van der Waals surface area contributed by atoms with E-state index in [1.165, 1.54) is 17.2 Å². The highest BCUT2D eigenvalue weighted by Crippen LogP contribution is 2.57. The maximum Gasteiger partial charge on any atom is 0.475 e. The Bertz CT molecular complexity index is 798. The molecule has 0 saturated carbocycles. The van der Waals surface area contributed by atoms with Gasteiger partial charge in [-0.05, 0) is 25.8 Å². The summed E-state index contributed by atoms with van der Waals surface area (Å²) in [7, 11) is -3.92. The summed E-state index contributed by atoms with van der Waals surface area (Å²) in [6.07, 6.45) is 0.828. The van der Waals surface area contributed by atoms with E-state index in [1.54, 1.807) is 6.92 Å². The van der Waals surface area contributed by atoms with Gasteiger partial charge in [0.2, 0.25) is 5.91 Å². The van der Waals surface area contributed by atoms with E-state index in [2.05, 4.69) is 0 Å². The summed E-state index contributed by atoms with van der Waals surface area (Å²) in [6, 6.07) is 0. The minimum absolute atomic E-state index is 0.00450. The SMILES string of the molecule is C[C@@]1(N)[C@@H]2O[P@@](=O)(OCCC3CCOC3=O)OC[C@H]2O[C@H]1N1C=CC(=O)CC1=O. The van der Waals surface area contributed by atoms with E-state index in [1.807, 2.05) is 0 Å². The molecule has 4 aliphatic heterocycles. The van der Waals surface area contributed by atoms with E-state index in [0.29, 0.717) is 19.4 Å². The summed E-state index contributed by atoms with van der Waals surface area (Å²) in [4.78, 5) is 36.4. The number of rotatable bonds is 5. The van der Waals surface area contributed by atoms with E-state index in [-0.39, 0.29) is 37.3 Å².